The molecule has 1 aromatic carbocycles. The van der Waals surface area contributed by atoms with Gasteiger partial charge in [-0.2, -0.15) is 0 Å². The number of fused-ring (bicyclic) bond motifs is 1. The number of nitrogens with one attached hydrogen (secondary N) is 3. The van der Waals surface area contributed by atoms with Crippen LogP contribution in [0.2, 0.25) is 0 Å². The van der Waals surface area contributed by atoms with Crippen molar-refractivity contribution in [2.45, 2.75) is 39.8 Å². The third-order valence-corrected chi connectivity index (χ3v) is 5.75. The van der Waals surface area contributed by atoms with E-state index in [1.165, 1.54) is 22.0 Å². The van der Waals surface area contributed by atoms with E-state index < -0.39 is 0 Å². The van der Waals surface area contributed by atoms with Crippen LogP contribution in [-0.4, -0.2) is 54.8 Å². The second-order valence-electron chi connectivity index (χ2n) is 8.38. The van der Waals surface area contributed by atoms with Gasteiger partial charge in [-0.25, -0.2) is 9.98 Å². The molecule has 0 radical (unpaired) electrons. The van der Waals surface area contributed by atoms with Gasteiger partial charge in [0.1, 0.15) is 5.82 Å². The Balaban J connectivity index is 1.36. The van der Waals surface area contributed by atoms with Gasteiger partial charge in [-0.1, -0.05) is 12.1 Å². The number of nitrogens with zero attached hydrogens (tertiary/aromatic N) is 3. The summed E-state index contributed by atoms with van der Waals surface area (Å²) in [5, 5.41) is 8.11. The van der Waals surface area contributed by atoms with Crippen LogP contribution in [0.3, 0.4) is 0 Å². The zero-order valence-corrected chi connectivity index (χ0v) is 19.3. The lowest BCUT2D eigenvalue weighted by atomic mass is 10.1. The fourth-order valence-corrected chi connectivity index (χ4v) is 4.09. The molecular weight excluding hydrogens is 400 g/mol. The average molecular weight is 435 g/mol. The van der Waals surface area contributed by atoms with Crippen molar-refractivity contribution in [3.05, 3.63) is 59.4 Å². The minimum Gasteiger partial charge on any atom is -0.375 e. The summed E-state index contributed by atoms with van der Waals surface area (Å²) in [5.41, 5.74) is 4.94. The number of hydrogen-bond acceptors (Lipinski definition) is 4. The molecule has 1 fully saturated rings. The van der Waals surface area contributed by atoms with Gasteiger partial charge < -0.3 is 25.3 Å². The van der Waals surface area contributed by atoms with Crippen molar-refractivity contribution in [2.24, 2.45) is 4.99 Å². The number of aromatic amines is 1. The number of ether oxygens (including phenoxy) is 1. The number of rotatable bonds is 7. The highest BCUT2D eigenvalue weighted by Crippen LogP contribution is 2.20. The first kappa shape index (κ1) is 22.1. The summed E-state index contributed by atoms with van der Waals surface area (Å²) in [6.07, 6.45) is 5.15. The van der Waals surface area contributed by atoms with E-state index in [0.717, 1.165) is 56.5 Å². The number of pyridine rings is 1. The molecule has 7 heteroatoms. The van der Waals surface area contributed by atoms with Gasteiger partial charge >= 0.3 is 0 Å². The van der Waals surface area contributed by atoms with Crippen LogP contribution in [0.5, 0.6) is 0 Å². The second-order valence-corrected chi connectivity index (χ2v) is 8.38. The molecule has 4 rings (SSSR count). The summed E-state index contributed by atoms with van der Waals surface area (Å²) in [5.74, 6) is 1.84. The number of aromatic nitrogens is 2. The number of guanidine groups is 1. The first-order chi connectivity index (χ1) is 15.6. The van der Waals surface area contributed by atoms with Gasteiger partial charge in [0.2, 0.25) is 0 Å². The van der Waals surface area contributed by atoms with Crippen LogP contribution in [0.25, 0.3) is 10.9 Å². The number of hydrogen-bond donors (Lipinski definition) is 3. The molecule has 1 unspecified atom stereocenters. The maximum Gasteiger partial charge on any atom is 0.191 e. The number of aryl methyl sites for hydroxylation is 1. The first-order valence-electron chi connectivity index (χ1n) is 11.5. The summed E-state index contributed by atoms with van der Waals surface area (Å²) < 4.78 is 5.65. The van der Waals surface area contributed by atoms with Crippen molar-refractivity contribution < 1.29 is 4.74 Å². The van der Waals surface area contributed by atoms with Crippen molar-refractivity contribution in [1.29, 1.82) is 0 Å². The maximum absolute atomic E-state index is 5.65. The highest BCUT2D eigenvalue weighted by molar-refractivity contribution is 5.84. The third kappa shape index (κ3) is 5.59. The molecule has 2 aromatic heterocycles. The molecule has 3 aromatic rings. The zero-order chi connectivity index (χ0) is 22.3. The van der Waals surface area contributed by atoms with Crippen LogP contribution in [0, 0.1) is 6.92 Å². The molecular formula is C25H34N6O. The van der Waals surface area contributed by atoms with E-state index in [4.69, 9.17) is 9.73 Å². The fraction of sp³-hybridized carbons (Fsp3) is 0.440. The summed E-state index contributed by atoms with van der Waals surface area (Å²) in [6.45, 7) is 11.1. The van der Waals surface area contributed by atoms with E-state index in [9.17, 15) is 0 Å². The Hall–Kier alpha value is -3.06. The van der Waals surface area contributed by atoms with Crippen LogP contribution in [0.1, 0.15) is 30.5 Å². The van der Waals surface area contributed by atoms with Crippen LogP contribution in [0.15, 0.2) is 47.7 Å². The molecule has 0 saturated carbocycles. The van der Waals surface area contributed by atoms with E-state index in [2.05, 4.69) is 76.7 Å². The Morgan fingerprint density at radius 2 is 2.19 bits per heavy atom. The Morgan fingerprint density at radius 3 is 3.03 bits per heavy atom. The molecule has 1 aliphatic heterocycles. The van der Waals surface area contributed by atoms with E-state index in [1.54, 1.807) is 0 Å². The quantitative estimate of drug-likeness (QED) is 0.392. The van der Waals surface area contributed by atoms with Gasteiger partial charge in [0, 0.05) is 49.5 Å². The largest absolute Gasteiger partial charge is 0.375 e. The summed E-state index contributed by atoms with van der Waals surface area (Å²) in [4.78, 5) is 15.0. The SMILES string of the molecule is CCNC(=NCc1ccnc(N2CCOC(C)C2)c1)NCCc1c[nH]c2cc(C)ccc12. The van der Waals surface area contributed by atoms with Crippen molar-refractivity contribution in [1.82, 2.24) is 20.6 Å². The number of morpholine rings is 1. The smallest absolute Gasteiger partial charge is 0.191 e. The average Bonchev–Trinajstić information content (AvgIpc) is 3.19. The Morgan fingerprint density at radius 1 is 1.28 bits per heavy atom. The third-order valence-electron chi connectivity index (χ3n) is 5.75. The molecule has 1 aliphatic rings. The summed E-state index contributed by atoms with van der Waals surface area (Å²) in [7, 11) is 0. The summed E-state index contributed by atoms with van der Waals surface area (Å²) >= 11 is 0. The van der Waals surface area contributed by atoms with Crippen molar-refractivity contribution in [2.75, 3.05) is 37.7 Å². The fourth-order valence-electron chi connectivity index (χ4n) is 4.09. The van der Waals surface area contributed by atoms with Crippen molar-refractivity contribution in [3.63, 3.8) is 0 Å². The molecule has 0 spiro atoms. The first-order valence-corrected chi connectivity index (χ1v) is 11.5. The molecule has 3 heterocycles. The number of benzene rings is 1. The molecule has 32 heavy (non-hydrogen) atoms. The predicted molar refractivity (Wildman–Crippen MR) is 131 cm³/mol. The van der Waals surface area contributed by atoms with E-state index in [-0.39, 0.29) is 6.10 Å². The Kier molecular flexibility index (Phi) is 7.27. The zero-order valence-electron chi connectivity index (χ0n) is 19.3. The molecule has 0 amide bonds. The molecule has 1 saturated heterocycles. The van der Waals surface area contributed by atoms with Crippen LogP contribution in [0.4, 0.5) is 5.82 Å². The van der Waals surface area contributed by atoms with Crippen LogP contribution >= 0.6 is 0 Å². The van der Waals surface area contributed by atoms with Gasteiger partial charge in [0.25, 0.3) is 0 Å². The molecule has 170 valence electrons. The minimum absolute atomic E-state index is 0.234. The van der Waals surface area contributed by atoms with Gasteiger partial charge in [-0.3, -0.25) is 0 Å². The van der Waals surface area contributed by atoms with E-state index in [0.29, 0.717) is 6.54 Å². The minimum atomic E-state index is 0.234. The number of aliphatic imine (C=N–C) groups is 1. The molecule has 3 N–H and O–H groups in total. The second kappa shape index (κ2) is 10.5. The standard InChI is InChI=1S/C25H34N6O/c1-4-26-25(28-10-8-21-16-29-23-13-18(2)5-6-22(21)23)30-15-20-7-9-27-24(14-20)31-11-12-32-19(3)17-31/h5-7,9,13-14,16,19,29H,4,8,10-12,15,17H2,1-3H3,(H2,26,28,30). The highest BCUT2D eigenvalue weighted by atomic mass is 16.5. The molecule has 7 nitrogen and oxygen atoms in total. The number of anilines is 1. The Labute approximate surface area is 190 Å². The lowest BCUT2D eigenvalue weighted by molar-refractivity contribution is 0.0529. The maximum atomic E-state index is 5.65. The van der Waals surface area contributed by atoms with Gasteiger partial charge in [0.05, 0.1) is 19.3 Å². The van der Waals surface area contributed by atoms with Crippen molar-refractivity contribution in [3.8, 4) is 0 Å². The predicted octanol–water partition coefficient (Wildman–Crippen LogP) is 3.39. The van der Waals surface area contributed by atoms with Crippen LogP contribution in [-0.2, 0) is 17.7 Å². The molecule has 0 bridgehead atoms. The number of H-pyrrole nitrogens is 1. The van der Waals surface area contributed by atoms with E-state index in [1.807, 2.05) is 12.3 Å². The van der Waals surface area contributed by atoms with Gasteiger partial charge in [0.15, 0.2) is 5.96 Å². The van der Waals surface area contributed by atoms with E-state index >= 15 is 0 Å². The Bertz CT molecular complexity index is 1060. The lowest BCUT2D eigenvalue weighted by Gasteiger charge is -2.32. The monoisotopic (exact) mass is 434 g/mol. The summed E-state index contributed by atoms with van der Waals surface area (Å²) in [6, 6.07) is 10.7. The molecule has 0 aliphatic carbocycles. The van der Waals surface area contributed by atoms with Gasteiger partial charge in [-0.05, 0) is 62.1 Å². The molecule has 1 atom stereocenters. The van der Waals surface area contributed by atoms with Crippen LogP contribution < -0.4 is 15.5 Å². The lowest BCUT2D eigenvalue weighted by Crippen LogP contribution is -2.41. The highest BCUT2D eigenvalue weighted by Gasteiger charge is 2.18. The van der Waals surface area contributed by atoms with Crippen molar-refractivity contribution >= 4 is 22.7 Å². The van der Waals surface area contributed by atoms with Gasteiger partial charge in [-0.15, -0.1) is 0 Å². The normalized spacial score (nSPS) is 17.0. The topological polar surface area (TPSA) is 77.6 Å².